The summed E-state index contributed by atoms with van der Waals surface area (Å²) >= 11 is 0. The number of ether oxygens (including phenoxy) is 5. The number of hydrogen-bond acceptors (Lipinski definition) is 7. The van der Waals surface area contributed by atoms with Crippen LogP contribution in [0.4, 0.5) is 4.79 Å². The van der Waals surface area contributed by atoms with Crippen molar-refractivity contribution in [1.29, 1.82) is 0 Å². The molecule has 0 aromatic heterocycles. The fourth-order valence-electron chi connectivity index (χ4n) is 4.65. The van der Waals surface area contributed by atoms with E-state index in [1.807, 2.05) is 77.1 Å². The summed E-state index contributed by atoms with van der Waals surface area (Å²) in [6, 6.07) is 13.4. The molecule has 44 heavy (non-hydrogen) atoms. The van der Waals surface area contributed by atoms with Gasteiger partial charge in [-0.25, -0.2) is 4.79 Å². The van der Waals surface area contributed by atoms with Gasteiger partial charge >= 0.3 is 12.1 Å². The maximum atomic E-state index is 13.0. The molecular weight excluding hydrogens is 558 g/mol. The number of carbonyl (C=O) groups excluding carboxylic acids is 2. The monoisotopic (exact) mass is 615 g/mol. The zero-order chi connectivity index (χ0) is 33.5. The number of methoxy groups -OCH3 is 3. The molecule has 0 aliphatic carbocycles. The van der Waals surface area contributed by atoms with Crippen molar-refractivity contribution < 1.29 is 33.3 Å². The third-order valence-corrected chi connectivity index (χ3v) is 7.60. The second-order valence-corrected chi connectivity index (χ2v) is 12.9. The Hall–Kier alpha value is -3.42. The lowest BCUT2D eigenvalue weighted by atomic mass is 9.88. The Labute approximate surface area is 266 Å². The number of aryl methyl sites for hydroxylation is 1. The van der Waals surface area contributed by atoms with Gasteiger partial charge in [-0.05, 0) is 68.2 Å². The smallest absolute Gasteiger partial charge is 0.410 e. The molecule has 0 aliphatic heterocycles. The third-order valence-electron chi connectivity index (χ3n) is 7.60. The van der Waals surface area contributed by atoms with E-state index in [-0.39, 0.29) is 30.5 Å². The van der Waals surface area contributed by atoms with Gasteiger partial charge < -0.3 is 28.6 Å². The topological polar surface area (TPSA) is 83.5 Å². The summed E-state index contributed by atoms with van der Waals surface area (Å²) in [5.74, 6) is 1.41. The summed E-state index contributed by atoms with van der Waals surface area (Å²) in [4.78, 5) is 27.8. The fraction of sp³-hybridized carbons (Fsp3) is 0.611. The fourth-order valence-corrected chi connectivity index (χ4v) is 4.65. The van der Waals surface area contributed by atoms with Gasteiger partial charge in [0.05, 0.1) is 27.2 Å². The van der Waals surface area contributed by atoms with Crippen LogP contribution in [0.25, 0.3) is 0 Å². The summed E-state index contributed by atoms with van der Waals surface area (Å²) in [5, 5.41) is 0. The Kier molecular flexibility index (Phi) is 16.1. The zero-order valence-electron chi connectivity index (χ0n) is 29.2. The van der Waals surface area contributed by atoms with Gasteiger partial charge in [0, 0.05) is 13.1 Å². The molecular formula is C36H57NO7. The van der Waals surface area contributed by atoms with Gasteiger partial charge in [-0.3, -0.25) is 4.79 Å². The number of esters is 1. The number of amides is 1. The Morgan fingerprint density at radius 1 is 0.886 bits per heavy atom. The minimum atomic E-state index is -0.514. The number of hydrogen-bond donors (Lipinski definition) is 0. The van der Waals surface area contributed by atoms with E-state index in [9.17, 15) is 9.59 Å². The van der Waals surface area contributed by atoms with Crippen molar-refractivity contribution in [2.24, 2.45) is 17.3 Å². The molecule has 248 valence electrons. The molecule has 8 heteroatoms. The molecule has 1 unspecified atom stereocenters. The highest BCUT2D eigenvalue weighted by atomic mass is 16.6. The van der Waals surface area contributed by atoms with Crippen LogP contribution >= 0.6 is 0 Å². The van der Waals surface area contributed by atoms with E-state index in [2.05, 4.69) is 27.7 Å². The van der Waals surface area contributed by atoms with Crippen LogP contribution in [0, 0.1) is 24.2 Å². The van der Waals surface area contributed by atoms with Crippen LogP contribution in [0.2, 0.25) is 0 Å². The standard InChI is InChI=1S/C26H43NO4.C10H14O3/c1-9-16-26(7,8)31-23(28)22(20(3)4)17-27(19-25(5,6)10-2)24(29)30-18-21-14-12-11-13-15-21;1-7-5-8(11-2)10(13-4)9(6-7)12-3/h11-15,20,22H,9-10,16-19H2,1-8H3;5-6H,1-4H3. The Morgan fingerprint density at radius 3 is 1.91 bits per heavy atom. The molecule has 0 saturated carbocycles. The average Bonchev–Trinajstić information content (AvgIpc) is 2.97. The van der Waals surface area contributed by atoms with Crippen molar-refractivity contribution in [3.05, 3.63) is 53.6 Å². The van der Waals surface area contributed by atoms with E-state index in [4.69, 9.17) is 23.7 Å². The summed E-state index contributed by atoms with van der Waals surface area (Å²) < 4.78 is 26.9. The van der Waals surface area contributed by atoms with Gasteiger partial charge in [0.2, 0.25) is 5.75 Å². The summed E-state index contributed by atoms with van der Waals surface area (Å²) in [5.41, 5.74) is 1.42. The zero-order valence-corrected chi connectivity index (χ0v) is 29.2. The van der Waals surface area contributed by atoms with Gasteiger partial charge in [0.25, 0.3) is 0 Å². The summed E-state index contributed by atoms with van der Waals surface area (Å²) in [6.07, 6.45) is 2.26. The van der Waals surface area contributed by atoms with Crippen LogP contribution in [0.3, 0.4) is 0 Å². The highest BCUT2D eigenvalue weighted by Crippen LogP contribution is 2.37. The van der Waals surface area contributed by atoms with Crippen molar-refractivity contribution in [1.82, 2.24) is 4.90 Å². The van der Waals surface area contributed by atoms with Gasteiger partial charge in [0.15, 0.2) is 11.5 Å². The Morgan fingerprint density at radius 2 is 1.45 bits per heavy atom. The molecule has 0 saturated heterocycles. The lowest BCUT2D eigenvalue weighted by Crippen LogP contribution is -2.45. The molecule has 0 heterocycles. The summed E-state index contributed by atoms with van der Waals surface area (Å²) in [6.45, 7) is 19.3. The van der Waals surface area contributed by atoms with Crippen molar-refractivity contribution in [2.75, 3.05) is 34.4 Å². The minimum absolute atomic E-state index is 0.0408. The first-order valence-electron chi connectivity index (χ1n) is 15.6. The molecule has 2 aromatic rings. The maximum Gasteiger partial charge on any atom is 0.410 e. The van der Waals surface area contributed by atoms with E-state index < -0.39 is 17.6 Å². The van der Waals surface area contributed by atoms with E-state index in [0.717, 1.165) is 30.4 Å². The van der Waals surface area contributed by atoms with Crippen LogP contribution in [-0.4, -0.2) is 57.0 Å². The van der Waals surface area contributed by atoms with Gasteiger partial charge in [0.1, 0.15) is 12.2 Å². The first-order valence-corrected chi connectivity index (χ1v) is 15.6. The second-order valence-electron chi connectivity index (χ2n) is 12.9. The van der Waals surface area contributed by atoms with Crippen molar-refractivity contribution in [3.63, 3.8) is 0 Å². The van der Waals surface area contributed by atoms with Crippen molar-refractivity contribution in [3.8, 4) is 17.2 Å². The van der Waals surface area contributed by atoms with Crippen LogP contribution < -0.4 is 14.2 Å². The first kappa shape index (κ1) is 38.6. The molecule has 0 N–H and O–H groups in total. The van der Waals surface area contributed by atoms with E-state index >= 15 is 0 Å². The van der Waals surface area contributed by atoms with Crippen molar-refractivity contribution >= 4 is 12.1 Å². The predicted molar refractivity (Wildman–Crippen MR) is 177 cm³/mol. The van der Waals surface area contributed by atoms with Gasteiger partial charge in [-0.15, -0.1) is 0 Å². The second kappa shape index (κ2) is 18.4. The van der Waals surface area contributed by atoms with Crippen molar-refractivity contribution in [2.45, 2.75) is 93.8 Å². The molecule has 0 fully saturated rings. The van der Waals surface area contributed by atoms with Gasteiger partial charge in [-0.1, -0.05) is 78.3 Å². The number of carbonyl (C=O) groups is 2. The average molecular weight is 616 g/mol. The van der Waals surface area contributed by atoms with E-state index in [1.165, 1.54) is 0 Å². The molecule has 1 atom stereocenters. The lowest BCUT2D eigenvalue weighted by molar-refractivity contribution is -0.164. The highest BCUT2D eigenvalue weighted by molar-refractivity contribution is 5.75. The molecule has 0 aliphatic rings. The Bertz CT molecular complexity index is 1120. The number of nitrogens with zero attached hydrogens (tertiary/aromatic N) is 1. The lowest BCUT2D eigenvalue weighted by Gasteiger charge is -2.35. The number of benzene rings is 2. The molecule has 2 rings (SSSR count). The van der Waals surface area contributed by atoms with Gasteiger partial charge in [-0.2, -0.15) is 0 Å². The third kappa shape index (κ3) is 13.1. The SMILES string of the molecule is CCCC(C)(C)OC(=O)C(CN(CC(C)(C)CC)C(=O)OCc1ccccc1)C(C)C.COc1cc(C)cc(OC)c1OC. The molecule has 8 nitrogen and oxygen atoms in total. The van der Waals surface area contributed by atoms with E-state index in [1.54, 1.807) is 26.2 Å². The first-order chi connectivity index (χ1) is 20.6. The minimum Gasteiger partial charge on any atom is -0.493 e. The van der Waals surface area contributed by atoms with Crippen LogP contribution in [0.15, 0.2) is 42.5 Å². The summed E-state index contributed by atoms with van der Waals surface area (Å²) in [7, 11) is 4.81. The quantitative estimate of drug-likeness (QED) is 0.186. The molecule has 0 bridgehead atoms. The molecule has 0 spiro atoms. The molecule has 1 amide bonds. The molecule has 0 radical (unpaired) electrons. The molecule has 2 aromatic carbocycles. The van der Waals surface area contributed by atoms with Crippen LogP contribution in [0.1, 0.15) is 85.8 Å². The number of rotatable bonds is 15. The largest absolute Gasteiger partial charge is 0.493 e. The predicted octanol–water partition coefficient (Wildman–Crippen LogP) is 8.48. The normalized spacial score (nSPS) is 12.0. The Balaban J connectivity index is 0.000000617. The van der Waals surface area contributed by atoms with E-state index in [0.29, 0.717) is 23.8 Å². The van der Waals surface area contributed by atoms with Crippen LogP contribution in [0.5, 0.6) is 17.2 Å². The highest BCUT2D eigenvalue weighted by Gasteiger charge is 2.34. The van der Waals surface area contributed by atoms with Crippen LogP contribution in [-0.2, 0) is 20.9 Å². The maximum absolute atomic E-state index is 13.0.